The summed E-state index contributed by atoms with van der Waals surface area (Å²) in [6.45, 7) is 3.37. The summed E-state index contributed by atoms with van der Waals surface area (Å²) in [6, 6.07) is 3.99. The van der Waals surface area contributed by atoms with Crippen LogP contribution in [-0.4, -0.2) is 54.1 Å². The summed E-state index contributed by atoms with van der Waals surface area (Å²) >= 11 is 0. The molecule has 2 aliphatic rings. The zero-order valence-electron chi connectivity index (χ0n) is 13.1. The van der Waals surface area contributed by atoms with Gasteiger partial charge in [0.2, 0.25) is 0 Å². The molecule has 0 amide bonds. The molecule has 124 valence electrons. The van der Waals surface area contributed by atoms with Gasteiger partial charge in [-0.25, -0.2) is 0 Å². The molecule has 22 heavy (non-hydrogen) atoms. The van der Waals surface area contributed by atoms with Gasteiger partial charge < -0.3 is 19.4 Å². The van der Waals surface area contributed by atoms with Crippen molar-refractivity contribution in [2.24, 2.45) is 5.41 Å². The van der Waals surface area contributed by atoms with Crippen LogP contribution in [0.15, 0.2) is 22.8 Å². The average Bonchev–Trinajstić information content (AvgIpc) is 2.94. The molecule has 0 spiro atoms. The van der Waals surface area contributed by atoms with E-state index in [9.17, 15) is 10.2 Å². The van der Waals surface area contributed by atoms with Crippen molar-refractivity contribution in [3.63, 3.8) is 0 Å². The van der Waals surface area contributed by atoms with E-state index in [0.29, 0.717) is 31.4 Å². The normalized spacial score (nSPS) is 27.1. The molecular formula is C17H27NO4. The smallest absolute Gasteiger partial charge is 0.132 e. The van der Waals surface area contributed by atoms with Crippen LogP contribution in [0.1, 0.15) is 44.0 Å². The maximum absolute atomic E-state index is 10.4. The second-order valence-corrected chi connectivity index (χ2v) is 6.89. The van der Waals surface area contributed by atoms with Gasteiger partial charge in [0.25, 0.3) is 0 Å². The number of rotatable bonds is 6. The van der Waals surface area contributed by atoms with Crippen molar-refractivity contribution in [3.05, 3.63) is 24.2 Å². The lowest BCUT2D eigenvalue weighted by Gasteiger charge is -2.45. The summed E-state index contributed by atoms with van der Waals surface area (Å²) in [4.78, 5) is 2.46. The molecule has 1 aromatic rings. The molecule has 5 nitrogen and oxygen atoms in total. The molecule has 2 saturated heterocycles. The third kappa shape index (κ3) is 3.54. The third-order valence-corrected chi connectivity index (χ3v) is 5.06. The van der Waals surface area contributed by atoms with Gasteiger partial charge in [0.05, 0.1) is 31.5 Å². The molecule has 0 bridgehead atoms. The van der Waals surface area contributed by atoms with Crippen LogP contribution in [-0.2, 0) is 4.74 Å². The third-order valence-electron chi connectivity index (χ3n) is 5.06. The van der Waals surface area contributed by atoms with Crippen LogP contribution in [0.3, 0.4) is 0 Å². The molecule has 0 saturated carbocycles. The van der Waals surface area contributed by atoms with Crippen molar-refractivity contribution in [2.75, 3.05) is 32.9 Å². The summed E-state index contributed by atoms with van der Waals surface area (Å²) in [7, 11) is 0. The molecule has 0 aliphatic carbocycles. The minimum atomic E-state index is -0.552. The minimum Gasteiger partial charge on any atom is -0.467 e. The Balaban J connectivity index is 1.65. The Bertz CT molecular complexity index is 438. The molecule has 3 rings (SSSR count). The van der Waals surface area contributed by atoms with E-state index in [0.717, 1.165) is 19.5 Å². The molecule has 2 unspecified atom stereocenters. The van der Waals surface area contributed by atoms with Crippen LogP contribution in [0.4, 0.5) is 0 Å². The largest absolute Gasteiger partial charge is 0.467 e. The highest BCUT2D eigenvalue weighted by Crippen LogP contribution is 2.33. The van der Waals surface area contributed by atoms with Crippen LogP contribution in [0.5, 0.6) is 0 Å². The lowest BCUT2D eigenvalue weighted by Crippen LogP contribution is -2.55. The first kappa shape index (κ1) is 16.0. The molecule has 5 heteroatoms. The molecule has 3 heterocycles. The quantitative estimate of drug-likeness (QED) is 0.841. The van der Waals surface area contributed by atoms with Crippen LogP contribution in [0.2, 0.25) is 0 Å². The van der Waals surface area contributed by atoms with E-state index < -0.39 is 6.10 Å². The van der Waals surface area contributed by atoms with Crippen molar-refractivity contribution < 1.29 is 19.4 Å². The standard InChI is InChI=1S/C17H27NO4/c19-11-17(12-21-13-17)10-18-7-3-1-2-5-14(18)9-15(20)16-6-4-8-22-16/h4,6,8,14-15,19-20H,1-3,5,7,9-13H2. The number of aliphatic hydroxyl groups excluding tert-OH is 2. The summed E-state index contributed by atoms with van der Waals surface area (Å²) in [5.74, 6) is 0.646. The summed E-state index contributed by atoms with van der Waals surface area (Å²) in [5, 5.41) is 20.1. The summed E-state index contributed by atoms with van der Waals surface area (Å²) < 4.78 is 10.7. The molecular weight excluding hydrogens is 282 g/mol. The Labute approximate surface area is 131 Å². The fraction of sp³-hybridized carbons (Fsp3) is 0.765. The van der Waals surface area contributed by atoms with E-state index in [-0.39, 0.29) is 12.0 Å². The maximum Gasteiger partial charge on any atom is 0.132 e. The van der Waals surface area contributed by atoms with E-state index in [1.807, 2.05) is 12.1 Å². The topological polar surface area (TPSA) is 66.1 Å². The van der Waals surface area contributed by atoms with E-state index in [2.05, 4.69) is 4.90 Å². The second kappa shape index (κ2) is 7.13. The highest BCUT2D eigenvalue weighted by atomic mass is 16.5. The predicted octanol–water partition coefficient (Wildman–Crippen LogP) is 1.96. The van der Waals surface area contributed by atoms with Crippen molar-refractivity contribution in [1.82, 2.24) is 4.90 Å². The van der Waals surface area contributed by atoms with Crippen LogP contribution in [0.25, 0.3) is 0 Å². The zero-order valence-corrected chi connectivity index (χ0v) is 13.1. The number of nitrogens with zero attached hydrogens (tertiary/aromatic N) is 1. The van der Waals surface area contributed by atoms with Gasteiger partial charge in [0.15, 0.2) is 0 Å². The number of hydrogen-bond acceptors (Lipinski definition) is 5. The zero-order chi connectivity index (χ0) is 15.4. The Hall–Kier alpha value is -0.880. The van der Waals surface area contributed by atoms with Gasteiger partial charge in [-0.2, -0.15) is 0 Å². The van der Waals surface area contributed by atoms with Gasteiger partial charge >= 0.3 is 0 Å². The first-order valence-corrected chi connectivity index (χ1v) is 8.37. The van der Waals surface area contributed by atoms with Crippen molar-refractivity contribution >= 4 is 0 Å². The SMILES string of the molecule is OCC1(CN2CCCCCC2CC(O)c2ccco2)COC1. The van der Waals surface area contributed by atoms with E-state index >= 15 is 0 Å². The molecule has 0 aromatic carbocycles. The van der Waals surface area contributed by atoms with Gasteiger partial charge in [-0.05, 0) is 37.9 Å². The molecule has 2 N–H and O–H groups in total. The first-order valence-electron chi connectivity index (χ1n) is 8.37. The van der Waals surface area contributed by atoms with E-state index in [4.69, 9.17) is 9.15 Å². The van der Waals surface area contributed by atoms with Crippen LogP contribution >= 0.6 is 0 Å². The molecule has 2 fully saturated rings. The van der Waals surface area contributed by atoms with Crippen LogP contribution in [0, 0.1) is 5.41 Å². The molecule has 2 atom stereocenters. The fourth-order valence-electron chi connectivity index (χ4n) is 3.62. The Morgan fingerprint density at radius 3 is 2.82 bits per heavy atom. The number of likely N-dealkylation sites (tertiary alicyclic amines) is 1. The summed E-state index contributed by atoms with van der Waals surface area (Å²) in [6.07, 6.45) is 6.48. The van der Waals surface area contributed by atoms with E-state index in [1.54, 1.807) is 6.26 Å². The first-order chi connectivity index (χ1) is 10.7. The molecule has 2 aliphatic heterocycles. The van der Waals surface area contributed by atoms with Gasteiger partial charge in [-0.15, -0.1) is 0 Å². The van der Waals surface area contributed by atoms with Crippen molar-refractivity contribution in [1.29, 1.82) is 0 Å². The lowest BCUT2D eigenvalue weighted by molar-refractivity contribution is -0.152. The fourth-order valence-corrected chi connectivity index (χ4v) is 3.62. The lowest BCUT2D eigenvalue weighted by atomic mass is 9.85. The Kier molecular flexibility index (Phi) is 5.18. The maximum atomic E-state index is 10.4. The summed E-state index contributed by atoms with van der Waals surface area (Å²) in [5.41, 5.74) is -0.0990. The van der Waals surface area contributed by atoms with Gasteiger partial charge in [0.1, 0.15) is 11.9 Å². The highest BCUT2D eigenvalue weighted by Gasteiger charge is 2.41. The van der Waals surface area contributed by atoms with Gasteiger partial charge in [-0.1, -0.05) is 12.8 Å². The van der Waals surface area contributed by atoms with Crippen molar-refractivity contribution in [3.8, 4) is 0 Å². The van der Waals surface area contributed by atoms with E-state index in [1.165, 1.54) is 19.3 Å². The highest BCUT2D eigenvalue weighted by molar-refractivity contribution is 5.03. The number of aliphatic hydroxyl groups is 2. The number of furan rings is 1. The Morgan fingerprint density at radius 2 is 2.18 bits per heavy atom. The predicted molar refractivity (Wildman–Crippen MR) is 82.5 cm³/mol. The second-order valence-electron chi connectivity index (χ2n) is 6.89. The average molecular weight is 309 g/mol. The molecule has 1 aromatic heterocycles. The minimum absolute atomic E-state index is 0.0990. The number of ether oxygens (including phenoxy) is 1. The van der Waals surface area contributed by atoms with Crippen LogP contribution < -0.4 is 0 Å². The van der Waals surface area contributed by atoms with Gasteiger partial charge in [0, 0.05) is 12.6 Å². The molecule has 0 radical (unpaired) electrons. The Morgan fingerprint density at radius 1 is 1.32 bits per heavy atom. The monoisotopic (exact) mass is 309 g/mol. The van der Waals surface area contributed by atoms with Crippen molar-refractivity contribution in [2.45, 2.75) is 44.2 Å². The van der Waals surface area contributed by atoms with Gasteiger partial charge in [-0.3, -0.25) is 4.90 Å². The number of hydrogen-bond donors (Lipinski definition) is 2.